The van der Waals surface area contributed by atoms with Crippen molar-refractivity contribution in [1.82, 2.24) is 15.0 Å². The zero-order chi connectivity index (χ0) is 33.5. The normalized spacial score (nSPS) is 11.9. The summed E-state index contributed by atoms with van der Waals surface area (Å²) in [5.74, 6) is 1.87. The fraction of sp³-hybridized carbons (Fsp3) is 0. The second kappa shape index (κ2) is 10.8. The molecule has 0 unspecified atom stereocenters. The van der Waals surface area contributed by atoms with E-state index in [1.807, 2.05) is 36.4 Å². The molecule has 0 saturated heterocycles. The highest BCUT2D eigenvalue weighted by atomic mass is 16.3. The van der Waals surface area contributed by atoms with E-state index >= 15 is 0 Å². The molecule has 11 rings (SSSR count). The maximum absolute atomic E-state index is 6.56. The molecule has 0 saturated carbocycles. The molecule has 0 bridgehead atoms. The van der Waals surface area contributed by atoms with Crippen LogP contribution in [0.25, 0.3) is 111 Å². The summed E-state index contributed by atoms with van der Waals surface area (Å²) in [5, 5.41) is 6.94. The topological polar surface area (TPSA) is 51.8 Å². The summed E-state index contributed by atoms with van der Waals surface area (Å²) in [6.07, 6.45) is 0. The van der Waals surface area contributed by atoms with E-state index in [1.54, 1.807) is 0 Å². The molecular formula is C47H27N3O. The number of fused-ring (bicyclic) bond motifs is 8. The standard InChI is InChI=1S/C47H27N3O/c1-3-12-28(13-4-1)38-26-32(24-30-16-7-8-17-33(30)38)47-49-45(29-14-5-2-6-15-29)48-46(50-47)31-22-23-41-40(25-31)44-37-21-11-20-36-34-18-9-10-19-35(34)39(43(36)37)27-42(44)51-41/h1-27H. The van der Waals surface area contributed by atoms with Crippen molar-refractivity contribution in [2.24, 2.45) is 0 Å². The number of hydrogen-bond donors (Lipinski definition) is 0. The largest absolute Gasteiger partial charge is 0.456 e. The van der Waals surface area contributed by atoms with Gasteiger partial charge in [0.2, 0.25) is 0 Å². The second-order valence-corrected chi connectivity index (χ2v) is 13.2. The first kappa shape index (κ1) is 28.0. The first-order valence-corrected chi connectivity index (χ1v) is 17.2. The molecule has 4 nitrogen and oxygen atoms in total. The average molecular weight is 650 g/mol. The van der Waals surface area contributed by atoms with E-state index in [9.17, 15) is 0 Å². The Morgan fingerprint density at radius 2 is 0.941 bits per heavy atom. The van der Waals surface area contributed by atoms with Gasteiger partial charge in [0.25, 0.3) is 0 Å². The minimum absolute atomic E-state index is 0.614. The van der Waals surface area contributed by atoms with Crippen LogP contribution in [-0.2, 0) is 0 Å². The van der Waals surface area contributed by atoms with Crippen molar-refractivity contribution in [2.75, 3.05) is 0 Å². The lowest BCUT2D eigenvalue weighted by Crippen LogP contribution is -2.00. The molecule has 0 N–H and O–H groups in total. The molecule has 10 aromatic rings. The average Bonchev–Trinajstić information content (AvgIpc) is 3.74. The van der Waals surface area contributed by atoms with Crippen LogP contribution in [0.4, 0.5) is 0 Å². The molecule has 0 fully saturated rings. The number of aromatic nitrogens is 3. The first-order valence-electron chi connectivity index (χ1n) is 17.2. The molecule has 236 valence electrons. The first-order chi connectivity index (χ1) is 25.3. The van der Waals surface area contributed by atoms with Crippen LogP contribution >= 0.6 is 0 Å². The summed E-state index contributed by atoms with van der Waals surface area (Å²) in [4.78, 5) is 15.4. The number of furan rings is 1. The highest BCUT2D eigenvalue weighted by Gasteiger charge is 2.25. The maximum Gasteiger partial charge on any atom is 0.164 e. The Morgan fingerprint density at radius 3 is 1.75 bits per heavy atom. The summed E-state index contributed by atoms with van der Waals surface area (Å²) >= 11 is 0. The third-order valence-corrected chi connectivity index (χ3v) is 10.2. The molecule has 0 radical (unpaired) electrons. The van der Waals surface area contributed by atoms with Crippen LogP contribution in [0.2, 0.25) is 0 Å². The Kier molecular flexibility index (Phi) is 5.92. The van der Waals surface area contributed by atoms with Gasteiger partial charge in [-0.3, -0.25) is 0 Å². The highest BCUT2D eigenvalue weighted by Crippen LogP contribution is 2.50. The van der Waals surface area contributed by atoms with Crippen molar-refractivity contribution in [1.29, 1.82) is 0 Å². The van der Waals surface area contributed by atoms with Crippen LogP contribution in [0.5, 0.6) is 0 Å². The van der Waals surface area contributed by atoms with Gasteiger partial charge >= 0.3 is 0 Å². The van der Waals surface area contributed by atoms with Gasteiger partial charge in [-0.1, -0.05) is 127 Å². The van der Waals surface area contributed by atoms with Crippen LogP contribution in [0.15, 0.2) is 168 Å². The Labute approximate surface area is 293 Å². The van der Waals surface area contributed by atoms with Crippen LogP contribution in [0, 0.1) is 0 Å². The Balaban J connectivity index is 1.14. The quantitative estimate of drug-likeness (QED) is 0.190. The molecule has 0 spiro atoms. The summed E-state index contributed by atoms with van der Waals surface area (Å²) in [6.45, 7) is 0. The molecule has 1 aliphatic rings. The summed E-state index contributed by atoms with van der Waals surface area (Å²) in [5.41, 5.74) is 11.8. The second-order valence-electron chi connectivity index (χ2n) is 13.2. The van der Waals surface area contributed by atoms with E-state index in [4.69, 9.17) is 19.4 Å². The predicted octanol–water partition coefficient (Wildman–Crippen LogP) is 12.4. The Bertz CT molecular complexity index is 3020. The van der Waals surface area contributed by atoms with E-state index in [1.165, 1.54) is 38.4 Å². The third-order valence-electron chi connectivity index (χ3n) is 10.2. The molecule has 1 aliphatic carbocycles. The maximum atomic E-state index is 6.56. The predicted molar refractivity (Wildman–Crippen MR) is 208 cm³/mol. The molecule has 51 heavy (non-hydrogen) atoms. The van der Waals surface area contributed by atoms with E-state index < -0.39 is 0 Å². The number of hydrogen-bond acceptors (Lipinski definition) is 4. The van der Waals surface area contributed by atoms with E-state index in [0.717, 1.165) is 55.1 Å². The molecule has 0 amide bonds. The SMILES string of the molecule is c1ccc(-c2nc(-c3cc(-c4ccccc4)c4ccccc4c3)nc(-c3ccc4oc5cc6c7c(cccc7c5c4c3)-c3ccccc3-6)n2)cc1. The fourth-order valence-electron chi connectivity index (χ4n) is 7.93. The van der Waals surface area contributed by atoms with Gasteiger partial charge in [-0.05, 0) is 91.3 Å². The van der Waals surface area contributed by atoms with Crippen LogP contribution in [0.1, 0.15) is 0 Å². The van der Waals surface area contributed by atoms with Crippen molar-refractivity contribution < 1.29 is 4.42 Å². The molecule has 2 aromatic heterocycles. The van der Waals surface area contributed by atoms with Crippen LogP contribution in [-0.4, -0.2) is 15.0 Å². The van der Waals surface area contributed by atoms with Gasteiger partial charge < -0.3 is 4.42 Å². The van der Waals surface area contributed by atoms with Crippen LogP contribution < -0.4 is 0 Å². The van der Waals surface area contributed by atoms with E-state index in [-0.39, 0.29) is 0 Å². The molecule has 2 heterocycles. The summed E-state index contributed by atoms with van der Waals surface area (Å²) in [6, 6.07) is 57.3. The summed E-state index contributed by atoms with van der Waals surface area (Å²) < 4.78 is 6.56. The zero-order valence-electron chi connectivity index (χ0n) is 27.3. The lowest BCUT2D eigenvalue weighted by atomic mass is 9.95. The number of rotatable bonds is 4. The molecule has 4 heteroatoms. The van der Waals surface area contributed by atoms with Gasteiger partial charge in [0.05, 0.1) is 0 Å². The number of nitrogens with zero attached hydrogens (tertiary/aromatic N) is 3. The van der Waals surface area contributed by atoms with Crippen molar-refractivity contribution >= 4 is 43.5 Å². The van der Waals surface area contributed by atoms with Crippen molar-refractivity contribution in [3.8, 4) is 67.5 Å². The Morgan fingerprint density at radius 1 is 0.314 bits per heavy atom. The zero-order valence-corrected chi connectivity index (χ0v) is 27.3. The monoisotopic (exact) mass is 649 g/mol. The third kappa shape index (κ3) is 4.30. The lowest BCUT2D eigenvalue weighted by Gasteiger charge is -2.12. The molecule has 0 atom stereocenters. The molecular weight excluding hydrogens is 623 g/mol. The van der Waals surface area contributed by atoms with Gasteiger partial charge in [-0.15, -0.1) is 0 Å². The van der Waals surface area contributed by atoms with Gasteiger partial charge in [0, 0.05) is 27.5 Å². The van der Waals surface area contributed by atoms with Gasteiger partial charge in [-0.25, -0.2) is 15.0 Å². The van der Waals surface area contributed by atoms with Crippen molar-refractivity contribution in [2.45, 2.75) is 0 Å². The lowest BCUT2D eigenvalue weighted by molar-refractivity contribution is 0.669. The molecule has 0 aliphatic heterocycles. The Hall–Kier alpha value is -6.91. The molecule has 8 aromatic carbocycles. The summed E-state index contributed by atoms with van der Waals surface area (Å²) in [7, 11) is 0. The van der Waals surface area contributed by atoms with Gasteiger partial charge in [0.15, 0.2) is 17.5 Å². The van der Waals surface area contributed by atoms with Gasteiger partial charge in [-0.2, -0.15) is 0 Å². The van der Waals surface area contributed by atoms with Crippen LogP contribution in [0.3, 0.4) is 0 Å². The number of benzene rings is 8. The smallest absolute Gasteiger partial charge is 0.164 e. The van der Waals surface area contributed by atoms with E-state index in [0.29, 0.717) is 17.5 Å². The minimum atomic E-state index is 0.614. The highest BCUT2D eigenvalue weighted by molar-refractivity contribution is 6.28. The van der Waals surface area contributed by atoms with Gasteiger partial charge in [0.1, 0.15) is 11.2 Å². The van der Waals surface area contributed by atoms with Crippen molar-refractivity contribution in [3.05, 3.63) is 164 Å². The van der Waals surface area contributed by atoms with E-state index in [2.05, 4.69) is 127 Å². The minimum Gasteiger partial charge on any atom is -0.456 e. The fourth-order valence-corrected chi connectivity index (χ4v) is 7.93. The van der Waals surface area contributed by atoms with Crippen molar-refractivity contribution in [3.63, 3.8) is 0 Å².